The molecule has 0 saturated heterocycles. The van der Waals surface area contributed by atoms with Crippen molar-refractivity contribution in [1.29, 1.82) is 0 Å². The fraction of sp³-hybridized carbons (Fsp3) is 0.875. The number of amides is 1. The molecule has 0 radical (unpaired) electrons. The van der Waals surface area contributed by atoms with E-state index < -0.39 is 0 Å². The molecule has 0 unspecified atom stereocenters. The summed E-state index contributed by atoms with van der Waals surface area (Å²) >= 11 is 0. The Balaban J connectivity index is -0.000000845. The first-order chi connectivity index (χ1) is 6.81. The van der Waals surface area contributed by atoms with Crippen molar-refractivity contribution in [3.8, 4) is 0 Å². The van der Waals surface area contributed by atoms with Crippen LogP contribution in [0.3, 0.4) is 0 Å². The standard InChI is InChI=1S/C8H17N5O.2ClH/c9-5-7-11-8(14)4-2-1-3-6-12-13-10;;/h1-7,9H2,(H,11,14);2*1H. The summed E-state index contributed by atoms with van der Waals surface area (Å²) in [6.07, 6.45) is 3.11. The summed E-state index contributed by atoms with van der Waals surface area (Å²) in [5.41, 5.74) is 13.2. The van der Waals surface area contributed by atoms with Crippen molar-refractivity contribution < 1.29 is 4.79 Å². The van der Waals surface area contributed by atoms with E-state index in [1.165, 1.54) is 0 Å². The lowest BCUT2D eigenvalue weighted by molar-refractivity contribution is -0.121. The average Bonchev–Trinajstić information content (AvgIpc) is 2.20. The topological polar surface area (TPSA) is 104 Å². The van der Waals surface area contributed by atoms with E-state index in [1.807, 2.05) is 0 Å². The Hall–Kier alpha value is -0.680. The van der Waals surface area contributed by atoms with Gasteiger partial charge in [0.25, 0.3) is 0 Å². The van der Waals surface area contributed by atoms with E-state index in [9.17, 15) is 4.79 Å². The number of carbonyl (C=O) groups excluding carboxylic acids is 1. The fourth-order valence-electron chi connectivity index (χ4n) is 0.990. The van der Waals surface area contributed by atoms with E-state index in [4.69, 9.17) is 11.3 Å². The van der Waals surface area contributed by atoms with Gasteiger partial charge in [0, 0.05) is 31.0 Å². The Kier molecular flexibility index (Phi) is 21.7. The predicted octanol–water partition coefficient (Wildman–Crippen LogP) is 1.78. The van der Waals surface area contributed by atoms with Gasteiger partial charge in [-0.25, -0.2) is 0 Å². The Morgan fingerprint density at radius 3 is 2.56 bits per heavy atom. The van der Waals surface area contributed by atoms with E-state index in [2.05, 4.69) is 15.3 Å². The molecule has 0 aromatic heterocycles. The SMILES string of the molecule is Cl.Cl.[N-]=[N+]=NCCCCCC(=O)NCCN. The maximum atomic E-state index is 11.0. The Morgan fingerprint density at radius 1 is 1.31 bits per heavy atom. The molecule has 96 valence electrons. The number of unbranched alkanes of at least 4 members (excludes halogenated alkanes) is 2. The summed E-state index contributed by atoms with van der Waals surface area (Å²) in [5.74, 6) is 0.0410. The fourth-order valence-corrected chi connectivity index (χ4v) is 0.990. The second-order valence-electron chi connectivity index (χ2n) is 2.90. The average molecular weight is 272 g/mol. The molecular weight excluding hydrogens is 253 g/mol. The van der Waals surface area contributed by atoms with Crippen LogP contribution in [0.15, 0.2) is 5.11 Å². The summed E-state index contributed by atoms with van der Waals surface area (Å²) in [5, 5.41) is 6.09. The van der Waals surface area contributed by atoms with Crippen LogP contribution in [0.25, 0.3) is 10.4 Å². The Bertz CT molecular complexity index is 209. The number of hydrogen-bond donors (Lipinski definition) is 2. The summed E-state index contributed by atoms with van der Waals surface area (Å²) < 4.78 is 0. The van der Waals surface area contributed by atoms with E-state index in [0.717, 1.165) is 19.3 Å². The Morgan fingerprint density at radius 2 is 2.00 bits per heavy atom. The van der Waals surface area contributed by atoms with Gasteiger partial charge in [-0.1, -0.05) is 11.5 Å². The zero-order valence-corrected chi connectivity index (χ0v) is 10.7. The number of halogens is 2. The molecule has 0 aromatic carbocycles. The van der Waals surface area contributed by atoms with Crippen LogP contribution in [-0.4, -0.2) is 25.5 Å². The molecule has 0 bridgehead atoms. The first-order valence-corrected chi connectivity index (χ1v) is 4.79. The third-order valence-corrected chi connectivity index (χ3v) is 1.69. The number of rotatable bonds is 8. The van der Waals surface area contributed by atoms with E-state index in [1.54, 1.807) is 0 Å². The highest BCUT2D eigenvalue weighted by Gasteiger charge is 1.98. The van der Waals surface area contributed by atoms with Crippen LogP contribution in [-0.2, 0) is 4.79 Å². The molecule has 3 N–H and O–H groups in total. The van der Waals surface area contributed by atoms with Gasteiger partial charge in [-0.3, -0.25) is 4.79 Å². The van der Waals surface area contributed by atoms with Gasteiger partial charge in [0.05, 0.1) is 0 Å². The van der Waals surface area contributed by atoms with E-state index in [0.29, 0.717) is 26.1 Å². The van der Waals surface area contributed by atoms with Crippen LogP contribution in [0.5, 0.6) is 0 Å². The normalized spacial score (nSPS) is 8.06. The minimum atomic E-state index is 0. The predicted molar refractivity (Wildman–Crippen MR) is 69.0 cm³/mol. The lowest BCUT2D eigenvalue weighted by atomic mass is 10.2. The van der Waals surface area contributed by atoms with E-state index >= 15 is 0 Å². The van der Waals surface area contributed by atoms with Crippen LogP contribution in [0.2, 0.25) is 0 Å². The molecule has 0 heterocycles. The highest BCUT2D eigenvalue weighted by atomic mass is 35.5. The molecule has 0 aromatic rings. The van der Waals surface area contributed by atoms with Crippen molar-refractivity contribution >= 4 is 30.7 Å². The molecule has 0 spiro atoms. The van der Waals surface area contributed by atoms with Gasteiger partial charge in [-0.05, 0) is 18.4 Å². The third kappa shape index (κ3) is 15.8. The van der Waals surface area contributed by atoms with Crippen LogP contribution in [0.1, 0.15) is 25.7 Å². The molecular formula is C8H19Cl2N5O. The van der Waals surface area contributed by atoms with Gasteiger partial charge in [-0.15, -0.1) is 24.8 Å². The first kappa shape index (κ1) is 20.7. The minimum Gasteiger partial charge on any atom is -0.355 e. The van der Waals surface area contributed by atoms with E-state index in [-0.39, 0.29) is 30.7 Å². The lowest BCUT2D eigenvalue weighted by Gasteiger charge is -2.02. The lowest BCUT2D eigenvalue weighted by Crippen LogP contribution is -2.28. The summed E-state index contributed by atoms with van der Waals surface area (Å²) in [4.78, 5) is 13.7. The van der Waals surface area contributed by atoms with Gasteiger partial charge in [0.1, 0.15) is 0 Å². The van der Waals surface area contributed by atoms with Gasteiger partial charge < -0.3 is 11.1 Å². The van der Waals surface area contributed by atoms with Gasteiger partial charge in [0.15, 0.2) is 0 Å². The molecule has 0 fully saturated rings. The number of azide groups is 1. The molecule has 1 amide bonds. The molecule has 0 atom stereocenters. The summed E-state index contributed by atoms with van der Waals surface area (Å²) in [7, 11) is 0. The highest BCUT2D eigenvalue weighted by Crippen LogP contribution is 1.99. The maximum absolute atomic E-state index is 11.0. The molecule has 0 aliphatic heterocycles. The second kappa shape index (κ2) is 16.7. The van der Waals surface area contributed by atoms with Crippen molar-refractivity contribution in [1.82, 2.24) is 5.32 Å². The zero-order chi connectivity index (χ0) is 10.6. The molecule has 8 heteroatoms. The van der Waals surface area contributed by atoms with Gasteiger partial charge in [-0.2, -0.15) is 0 Å². The van der Waals surface area contributed by atoms with Gasteiger partial charge >= 0.3 is 0 Å². The first-order valence-electron chi connectivity index (χ1n) is 4.79. The zero-order valence-electron chi connectivity index (χ0n) is 9.09. The molecule has 16 heavy (non-hydrogen) atoms. The number of nitrogens with one attached hydrogen (secondary N) is 1. The third-order valence-electron chi connectivity index (χ3n) is 1.69. The molecule has 6 nitrogen and oxygen atoms in total. The van der Waals surface area contributed by atoms with Crippen molar-refractivity contribution in [3.63, 3.8) is 0 Å². The molecule has 0 saturated carbocycles. The largest absolute Gasteiger partial charge is 0.355 e. The minimum absolute atomic E-state index is 0. The highest BCUT2D eigenvalue weighted by molar-refractivity contribution is 5.85. The number of hydrogen-bond acceptors (Lipinski definition) is 3. The number of carbonyl (C=O) groups is 1. The monoisotopic (exact) mass is 271 g/mol. The van der Waals surface area contributed by atoms with Crippen LogP contribution >= 0.6 is 24.8 Å². The van der Waals surface area contributed by atoms with Crippen LogP contribution in [0.4, 0.5) is 0 Å². The van der Waals surface area contributed by atoms with Crippen LogP contribution in [0, 0.1) is 0 Å². The molecule has 0 aliphatic carbocycles. The quantitative estimate of drug-likeness (QED) is 0.304. The second-order valence-corrected chi connectivity index (χ2v) is 2.90. The number of nitrogens with two attached hydrogens (primary N) is 1. The number of nitrogens with zero attached hydrogens (tertiary/aromatic N) is 3. The van der Waals surface area contributed by atoms with Crippen molar-refractivity contribution in [2.24, 2.45) is 10.8 Å². The molecule has 0 rings (SSSR count). The maximum Gasteiger partial charge on any atom is 0.220 e. The van der Waals surface area contributed by atoms with Crippen molar-refractivity contribution in [3.05, 3.63) is 10.4 Å². The Labute approximate surface area is 108 Å². The smallest absolute Gasteiger partial charge is 0.220 e. The van der Waals surface area contributed by atoms with Crippen molar-refractivity contribution in [2.45, 2.75) is 25.7 Å². The van der Waals surface area contributed by atoms with Gasteiger partial charge in [0.2, 0.25) is 5.91 Å². The molecule has 0 aliphatic rings. The van der Waals surface area contributed by atoms with Crippen molar-refractivity contribution in [2.75, 3.05) is 19.6 Å². The van der Waals surface area contributed by atoms with Crippen LogP contribution < -0.4 is 11.1 Å². The summed E-state index contributed by atoms with van der Waals surface area (Å²) in [6, 6.07) is 0. The summed E-state index contributed by atoms with van der Waals surface area (Å²) in [6.45, 7) is 1.53.